The van der Waals surface area contributed by atoms with E-state index in [0.717, 1.165) is 17.7 Å². The second kappa shape index (κ2) is 5.58. The van der Waals surface area contributed by atoms with Gasteiger partial charge in [0.15, 0.2) is 0 Å². The lowest BCUT2D eigenvalue weighted by atomic mass is 10.1. The van der Waals surface area contributed by atoms with Crippen LogP contribution < -0.4 is 0 Å². The Morgan fingerprint density at radius 3 is 2.85 bits per heavy atom. The molecule has 0 aliphatic heterocycles. The summed E-state index contributed by atoms with van der Waals surface area (Å²) in [4.78, 5) is 16.1. The molecule has 5 heteroatoms. The van der Waals surface area contributed by atoms with Gasteiger partial charge in [-0.2, -0.15) is 0 Å². The molecule has 0 unspecified atom stereocenters. The van der Waals surface area contributed by atoms with E-state index in [1.54, 1.807) is 22.3 Å². The average molecular weight is 307 g/mol. The van der Waals surface area contributed by atoms with Crippen LogP contribution in [0.5, 0.6) is 0 Å². The lowest BCUT2D eigenvalue weighted by Gasteiger charge is -2.22. The lowest BCUT2D eigenvalue weighted by Crippen LogP contribution is -2.32. The molecule has 2 nitrogen and oxygen atoms in total. The van der Waals surface area contributed by atoms with Crippen LogP contribution in [0, 0.1) is 5.82 Å². The van der Waals surface area contributed by atoms with Crippen LogP contribution in [0.1, 0.15) is 28.1 Å². The number of thiophene rings is 1. The molecule has 1 aromatic heterocycles. The maximum atomic E-state index is 13.9. The summed E-state index contributed by atoms with van der Waals surface area (Å²) < 4.78 is 13.9. The molecular formula is C15H14FNOS2. The van der Waals surface area contributed by atoms with Crippen molar-refractivity contribution in [3.8, 4) is 0 Å². The first-order valence-electron chi connectivity index (χ1n) is 6.47. The van der Waals surface area contributed by atoms with E-state index in [9.17, 15) is 9.18 Å². The Morgan fingerprint density at radius 1 is 1.40 bits per heavy atom. The third kappa shape index (κ3) is 2.88. The number of benzene rings is 1. The summed E-state index contributed by atoms with van der Waals surface area (Å²) in [6.07, 6.45) is 2.00. The van der Waals surface area contributed by atoms with Gasteiger partial charge in [0, 0.05) is 15.8 Å². The van der Waals surface area contributed by atoms with Crippen molar-refractivity contribution in [3.63, 3.8) is 0 Å². The van der Waals surface area contributed by atoms with Crippen LogP contribution in [0.3, 0.4) is 0 Å². The van der Waals surface area contributed by atoms with Crippen molar-refractivity contribution in [2.45, 2.75) is 30.3 Å². The fraction of sp³-hybridized carbons (Fsp3) is 0.267. The molecule has 0 radical (unpaired) electrons. The molecule has 0 spiro atoms. The first-order chi connectivity index (χ1) is 9.65. The third-order valence-corrected chi connectivity index (χ3v) is 4.47. The Hall–Kier alpha value is -1.33. The number of halogens is 1. The van der Waals surface area contributed by atoms with Crippen molar-refractivity contribution in [3.05, 3.63) is 52.0 Å². The Kier molecular flexibility index (Phi) is 3.81. The molecule has 1 aliphatic rings. The molecule has 0 saturated heterocycles. The molecule has 1 amide bonds. The number of amides is 1. The summed E-state index contributed by atoms with van der Waals surface area (Å²) in [5.74, 6) is -0.723. The van der Waals surface area contributed by atoms with Crippen molar-refractivity contribution < 1.29 is 9.18 Å². The number of hydrogen-bond acceptors (Lipinski definition) is 3. The van der Waals surface area contributed by atoms with E-state index in [1.807, 2.05) is 17.5 Å². The molecule has 1 heterocycles. The highest BCUT2D eigenvalue weighted by molar-refractivity contribution is 7.80. The summed E-state index contributed by atoms with van der Waals surface area (Å²) >= 11 is 5.80. The number of carbonyl (C=O) groups is 1. The van der Waals surface area contributed by atoms with Crippen molar-refractivity contribution in [1.82, 2.24) is 4.90 Å². The number of hydrogen-bond donors (Lipinski definition) is 1. The van der Waals surface area contributed by atoms with Crippen LogP contribution in [0.4, 0.5) is 4.39 Å². The van der Waals surface area contributed by atoms with E-state index >= 15 is 0 Å². The highest BCUT2D eigenvalue weighted by Gasteiger charge is 2.34. The second-order valence-electron chi connectivity index (χ2n) is 4.91. The van der Waals surface area contributed by atoms with Crippen LogP contribution in [0.2, 0.25) is 0 Å². The summed E-state index contributed by atoms with van der Waals surface area (Å²) in [6, 6.07) is 8.56. The van der Waals surface area contributed by atoms with Gasteiger partial charge >= 0.3 is 0 Å². The van der Waals surface area contributed by atoms with Gasteiger partial charge < -0.3 is 4.90 Å². The topological polar surface area (TPSA) is 20.3 Å². The zero-order valence-corrected chi connectivity index (χ0v) is 12.5. The molecule has 20 heavy (non-hydrogen) atoms. The predicted octanol–water partition coefficient (Wildman–Crippen LogP) is 3.98. The zero-order valence-electron chi connectivity index (χ0n) is 10.8. The molecule has 1 fully saturated rings. The van der Waals surface area contributed by atoms with Crippen molar-refractivity contribution in [2.75, 3.05) is 0 Å². The SMILES string of the molecule is O=C(c1cc(S)ccc1F)N(Cc1cccs1)C1CC1. The van der Waals surface area contributed by atoms with Gasteiger partial charge in [-0.15, -0.1) is 24.0 Å². The molecule has 1 aliphatic carbocycles. The van der Waals surface area contributed by atoms with Gasteiger partial charge in [-0.1, -0.05) is 6.07 Å². The van der Waals surface area contributed by atoms with Gasteiger partial charge in [0.1, 0.15) is 5.82 Å². The van der Waals surface area contributed by atoms with E-state index in [1.165, 1.54) is 12.1 Å². The maximum Gasteiger partial charge on any atom is 0.257 e. The fourth-order valence-corrected chi connectivity index (χ4v) is 3.06. The molecule has 3 rings (SSSR count). The first-order valence-corrected chi connectivity index (χ1v) is 7.79. The number of thiol groups is 1. The van der Waals surface area contributed by atoms with Crippen LogP contribution >= 0.6 is 24.0 Å². The predicted molar refractivity (Wildman–Crippen MR) is 80.9 cm³/mol. The number of nitrogens with zero attached hydrogens (tertiary/aromatic N) is 1. The smallest absolute Gasteiger partial charge is 0.257 e. The highest BCUT2D eigenvalue weighted by Crippen LogP contribution is 2.31. The highest BCUT2D eigenvalue weighted by atomic mass is 32.1. The molecule has 0 N–H and O–H groups in total. The molecule has 1 saturated carbocycles. The quantitative estimate of drug-likeness (QED) is 0.847. The number of carbonyl (C=O) groups excluding carboxylic acids is 1. The van der Waals surface area contributed by atoms with Crippen molar-refractivity contribution in [1.29, 1.82) is 0 Å². The molecule has 2 aromatic rings. The van der Waals surface area contributed by atoms with Gasteiger partial charge in [-0.25, -0.2) is 4.39 Å². The van der Waals surface area contributed by atoms with Crippen LogP contribution in [0.25, 0.3) is 0 Å². The van der Waals surface area contributed by atoms with Gasteiger partial charge in [0.2, 0.25) is 0 Å². The third-order valence-electron chi connectivity index (χ3n) is 3.34. The second-order valence-corrected chi connectivity index (χ2v) is 6.46. The van der Waals surface area contributed by atoms with Gasteiger partial charge in [-0.05, 0) is 42.5 Å². The van der Waals surface area contributed by atoms with Crippen LogP contribution in [0.15, 0.2) is 40.6 Å². The van der Waals surface area contributed by atoms with E-state index in [0.29, 0.717) is 11.4 Å². The molecule has 1 aromatic carbocycles. The van der Waals surface area contributed by atoms with E-state index in [4.69, 9.17) is 0 Å². The Balaban J connectivity index is 1.87. The van der Waals surface area contributed by atoms with Gasteiger partial charge in [0.25, 0.3) is 5.91 Å². The Bertz CT molecular complexity index is 623. The lowest BCUT2D eigenvalue weighted by molar-refractivity contribution is 0.0726. The van der Waals surface area contributed by atoms with E-state index < -0.39 is 5.82 Å². The molecule has 104 valence electrons. The zero-order chi connectivity index (χ0) is 14.1. The van der Waals surface area contributed by atoms with Gasteiger partial charge in [0.05, 0.1) is 12.1 Å². The largest absolute Gasteiger partial charge is 0.330 e. The number of rotatable bonds is 4. The summed E-state index contributed by atoms with van der Waals surface area (Å²) in [6.45, 7) is 0.553. The van der Waals surface area contributed by atoms with Crippen molar-refractivity contribution >= 4 is 29.9 Å². The van der Waals surface area contributed by atoms with Crippen LogP contribution in [-0.2, 0) is 6.54 Å². The minimum Gasteiger partial charge on any atom is -0.330 e. The summed E-state index contributed by atoms with van der Waals surface area (Å²) in [5, 5.41) is 1.99. The normalized spacial score (nSPS) is 14.3. The fourth-order valence-electron chi connectivity index (χ4n) is 2.16. The monoisotopic (exact) mass is 307 g/mol. The average Bonchev–Trinajstić information content (AvgIpc) is 3.15. The molecule has 0 bridgehead atoms. The van der Waals surface area contributed by atoms with Crippen LogP contribution in [-0.4, -0.2) is 16.8 Å². The van der Waals surface area contributed by atoms with Gasteiger partial charge in [-0.3, -0.25) is 4.79 Å². The minimum atomic E-state index is -0.482. The minimum absolute atomic E-state index is 0.112. The van der Waals surface area contributed by atoms with E-state index in [-0.39, 0.29) is 17.5 Å². The summed E-state index contributed by atoms with van der Waals surface area (Å²) in [7, 11) is 0. The summed E-state index contributed by atoms with van der Waals surface area (Å²) in [5.41, 5.74) is 0.112. The first kappa shape index (κ1) is 13.6. The van der Waals surface area contributed by atoms with Crippen molar-refractivity contribution in [2.24, 2.45) is 0 Å². The van der Waals surface area contributed by atoms with E-state index in [2.05, 4.69) is 12.6 Å². The standard InChI is InChI=1S/C15H14FNOS2/c16-14-6-5-11(19)8-13(14)15(18)17(10-3-4-10)9-12-2-1-7-20-12/h1-2,5-8,10,19H,3-4,9H2. The Labute approximate surface area is 126 Å². The maximum absolute atomic E-state index is 13.9. The molecular weight excluding hydrogens is 293 g/mol. The molecule has 0 atom stereocenters. The Morgan fingerprint density at radius 2 is 2.20 bits per heavy atom.